The Bertz CT molecular complexity index is 901. The highest BCUT2D eigenvalue weighted by molar-refractivity contribution is 5.83. The first-order chi connectivity index (χ1) is 17.3. The summed E-state index contributed by atoms with van der Waals surface area (Å²) < 4.78 is 125. The number of allylic oxidation sites excluding steroid dienone is 1. The van der Waals surface area contributed by atoms with Gasteiger partial charge in [0.25, 0.3) is 5.60 Å². The largest absolute Gasteiger partial charge is 0.429 e. The van der Waals surface area contributed by atoms with E-state index in [2.05, 4.69) is 0 Å². The van der Waals surface area contributed by atoms with Gasteiger partial charge in [0, 0.05) is 20.6 Å². The number of carbonyl (C=O) groups excluding carboxylic acids is 1. The summed E-state index contributed by atoms with van der Waals surface area (Å²) in [6, 6.07) is 0. The van der Waals surface area contributed by atoms with E-state index in [1.807, 2.05) is 6.92 Å². The number of alkyl halides is 6. The van der Waals surface area contributed by atoms with E-state index in [0.717, 1.165) is 0 Å². The van der Waals surface area contributed by atoms with Gasteiger partial charge in [-0.05, 0) is 81.5 Å². The summed E-state index contributed by atoms with van der Waals surface area (Å²) in [6.45, 7) is -3.12. The Kier molecular flexibility index (Phi) is 5.60. The number of aliphatic hydroxyl groups is 2. The van der Waals surface area contributed by atoms with Gasteiger partial charge in [-0.25, -0.2) is 0 Å². The molecular weight excluding hydrogens is 450 g/mol. The fraction of sp³-hybridized carbons (Fsp3) is 0.875. The van der Waals surface area contributed by atoms with Gasteiger partial charge in [-0.3, -0.25) is 4.79 Å². The van der Waals surface area contributed by atoms with Gasteiger partial charge in [-0.15, -0.1) is 0 Å². The van der Waals surface area contributed by atoms with Crippen molar-refractivity contribution in [2.24, 2.45) is 22.7 Å². The van der Waals surface area contributed by atoms with Gasteiger partial charge in [0.15, 0.2) is 0 Å². The summed E-state index contributed by atoms with van der Waals surface area (Å²) in [6.07, 6.45) is -10.8. The van der Waals surface area contributed by atoms with Gasteiger partial charge >= 0.3 is 12.4 Å². The van der Waals surface area contributed by atoms with Crippen LogP contribution >= 0.6 is 0 Å². The minimum Gasteiger partial charge on any atom is -0.390 e. The monoisotopic (exact) mass is 492 g/mol. The standard InChI is InChI=1S/C24H36F6O3/c1-19(2,32)11-6-12-20(3,13-7-15-22(33,23(25,26)27)24(28,29)30)18-10-9-16-17(31)8-5-14-21(16,18)4/h7,15-16,18,32-33H,5-6,8-14H2,1-4H3/t16?,18-,20?,21+/m1/s1/i1D3,2D3. The molecule has 0 aromatic carbocycles. The Morgan fingerprint density at radius 2 is 1.70 bits per heavy atom. The summed E-state index contributed by atoms with van der Waals surface area (Å²) in [4.78, 5) is 12.6. The highest BCUT2D eigenvalue weighted by atomic mass is 19.4. The summed E-state index contributed by atoms with van der Waals surface area (Å²) in [5.41, 5.74) is -9.90. The molecule has 0 heterocycles. The molecular formula is C24H36F6O3. The molecule has 33 heavy (non-hydrogen) atoms. The van der Waals surface area contributed by atoms with Crippen LogP contribution < -0.4 is 0 Å². The van der Waals surface area contributed by atoms with Crippen molar-refractivity contribution in [1.82, 2.24) is 0 Å². The van der Waals surface area contributed by atoms with E-state index in [4.69, 9.17) is 8.22 Å². The zero-order chi connectivity index (χ0) is 30.5. The minimum absolute atomic E-state index is 0.0341. The third-order valence-corrected chi connectivity index (χ3v) is 7.80. The second kappa shape index (κ2) is 9.17. The zero-order valence-electron chi connectivity index (χ0n) is 24.7. The van der Waals surface area contributed by atoms with Crippen LogP contribution in [0.4, 0.5) is 26.3 Å². The van der Waals surface area contributed by atoms with E-state index in [0.29, 0.717) is 38.2 Å². The lowest BCUT2D eigenvalue weighted by atomic mass is 9.56. The van der Waals surface area contributed by atoms with Crippen molar-refractivity contribution in [2.45, 2.75) is 109 Å². The molecule has 2 rings (SSSR count). The van der Waals surface area contributed by atoms with Crippen molar-refractivity contribution in [1.29, 1.82) is 0 Å². The van der Waals surface area contributed by atoms with Crippen molar-refractivity contribution in [2.75, 3.05) is 0 Å². The number of halogens is 6. The molecule has 0 aromatic heterocycles. The Hall–Kier alpha value is -1.09. The van der Waals surface area contributed by atoms with Crippen molar-refractivity contribution in [3.63, 3.8) is 0 Å². The Labute approximate surface area is 200 Å². The number of Topliss-reactive ketones (excluding diaryl/α,β-unsaturated/α-hetero) is 1. The van der Waals surface area contributed by atoms with Crippen molar-refractivity contribution in [3.05, 3.63) is 12.2 Å². The number of fused-ring (bicyclic) bond motifs is 1. The SMILES string of the molecule is [2H]C([2H])([2H])C(O)(CCCC(C)(CC=CC(O)(C(F)(F)F)C(F)(F)F)[C@H]1CCC2C(=O)CCC[C@@]21C)C([2H])([2H])[2H]. The molecule has 2 unspecified atom stereocenters. The number of ketones is 1. The first-order valence-corrected chi connectivity index (χ1v) is 11.1. The van der Waals surface area contributed by atoms with Gasteiger partial charge in [-0.2, -0.15) is 26.3 Å². The fourth-order valence-corrected chi connectivity index (χ4v) is 6.09. The second-order valence-corrected chi connectivity index (χ2v) is 10.2. The molecule has 0 aromatic rings. The zero-order valence-corrected chi connectivity index (χ0v) is 18.7. The Morgan fingerprint density at radius 3 is 2.24 bits per heavy atom. The molecule has 0 saturated heterocycles. The van der Waals surface area contributed by atoms with E-state index in [9.17, 15) is 41.4 Å². The number of hydrogen-bond acceptors (Lipinski definition) is 3. The van der Waals surface area contributed by atoms with Gasteiger partial charge in [0.1, 0.15) is 5.78 Å². The minimum atomic E-state index is -6.05. The van der Waals surface area contributed by atoms with Crippen molar-refractivity contribution in [3.8, 4) is 0 Å². The number of hydrogen-bond donors (Lipinski definition) is 2. The maximum atomic E-state index is 13.2. The molecule has 3 nitrogen and oxygen atoms in total. The van der Waals surface area contributed by atoms with Crippen LogP contribution in [0.1, 0.15) is 93.6 Å². The molecule has 0 aliphatic heterocycles. The van der Waals surface area contributed by atoms with Crippen LogP contribution in [0, 0.1) is 22.7 Å². The number of rotatable bonds is 8. The highest BCUT2D eigenvalue weighted by Crippen LogP contribution is 2.61. The summed E-state index contributed by atoms with van der Waals surface area (Å²) in [7, 11) is 0. The molecule has 2 aliphatic carbocycles. The maximum absolute atomic E-state index is 13.2. The second-order valence-electron chi connectivity index (χ2n) is 10.2. The van der Waals surface area contributed by atoms with Gasteiger partial charge in [0.05, 0.1) is 5.60 Å². The van der Waals surface area contributed by atoms with Crippen LogP contribution in [0.2, 0.25) is 0 Å². The summed E-state index contributed by atoms with van der Waals surface area (Å²) in [5.74, 6) is -0.697. The number of carbonyl (C=O) groups is 1. The van der Waals surface area contributed by atoms with Crippen molar-refractivity contribution < 1.29 is 49.6 Å². The third-order valence-electron chi connectivity index (χ3n) is 7.80. The normalized spacial score (nSPS) is 32.8. The average molecular weight is 493 g/mol. The Balaban J connectivity index is 2.45. The summed E-state index contributed by atoms with van der Waals surface area (Å²) in [5, 5.41) is 20.2. The average Bonchev–Trinajstić information content (AvgIpc) is 3.09. The first kappa shape index (κ1) is 20.1. The molecule has 2 saturated carbocycles. The molecule has 0 amide bonds. The molecule has 2 aliphatic rings. The van der Waals surface area contributed by atoms with E-state index in [1.165, 1.54) is 0 Å². The predicted octanol–water partition coefficient (Wildman–Crippen LogP) is 6.52. The molecule has 0 bridgehead atoms. The lowest BCUT2D eigenvalue weighted by molar-refractivity contribution is -0.347. The van der Waals surface area contributed by atoms with E-state index >= 15 is 0 Å². The third kappa shape index (κ3) is 5.77. The van der Waals surface area contributed by atoms with Crippen LogP contribution in [0.15, 0.2) is 12.2 Å². The Morgan fingerprint density at radius 1 is 1.09 bits per heavy atom. The quantitative estimate of drug-likeness (QED) is 0.300. The van der Waals surface area contributed by atoms with Crippen LogP contribution in [0.5, 0.6) is 0 Å². The lowest BCUT2D eigenvalue weighted by Gasteiger charge is -2.48. The lowest BCUT2D eigenvalue weighted by Crippen LogP contribution is -2.55. The summed E-state index contributed by atoms with van der Waals surface area (Å²) >= 11 is 0. The molecule has 9 heteroatoms. The molecule has 0 spiro atoms. The molecule has 2 N–H and O–H groups in total. The van der Waals surface area contributed by atoms with Crippen LogP contribution in [-0.2, 0) is 4.79 Å². The maximum Gasteiger partial charge on any atom is 0.429 e. The predicted molar refractivity (Wildman–Crippen MR) is 112 cm³/mol. The first-order valence-electron chi connectivity index (χ1n) is 14.1. The van der Waals surface area contributed by atoms with E-state index in [-0.39, 0.29) is 36.5 Å². The highest BCUT2D eigenvalue weighted by Gasteiger charge is 2.69. The van der Waals surface area contributed by atoms with E-state index < -0.39 is 60.9 Å². The van der Waals surface area contributed by atoms with Crippen LogP contribution in [0.25, 0.3) is 0 Å². The van der Waals surface area contributed by atoms with Crippen LogP contribution in [0.3, 0.4) is 0 Å². The van der Waals surface area contributed by atoms with Crippen LogP contribution in [-0.4, -0.2) is 39.6 Å². The molecule has 192 valence electrons. The molecule has 0 radical (unpaired) electrons. The van der Waals surface area contributed by atoms with Gasteiger partial charge in [0.2, 0.25) is 0 Å². The fourth-order valence-electron chi connectivity index (χ4n) is 6.09. The van der Waals surface area contributed by atoms with E-state index in [1.54, 1.807) is 6.92 Å². The van der Waals surface area contributed by atoms with Crippen molar-refractivity contribution >= 4 is 5.78 Å². The topological polar surface area (TPSA) is 57.5 Å². The molecule has 2 fully saturated rings. The molecule has 4 atom stereocenters. The van der Waals surface area contributed by atoms with Gasteiger partial charge in [-0.1, -0.05) is 26.3 Å². The smallest absolute Gasteiger partial charge is 0.390 e. The van der Waals surface area contributed by atoms with Gasteiger partial charge < -0.3 is 10.2 Å².